The monoisotopic (exact) mass is 285 g/mol. The van der Waals surface area contributed by atoms with Crippen molar-refractivity contribution >= 4 is 17.4 Å². The summed E-state index contributed by atoms with van der Waals surface area (Å²) in [6, 6.07) is 0.212. The van der Waals surface area contributed by atoms with Crippen LogP contribution >= 0.6 is 11.6 Å². The molecule has 0 bridgehead atoms. The summed E-state index contributed by atoms with van der Waals surface area (Å²) >= 11 is 6.19. The zero-order chi connectivity index (χ0) is 13.8. The van der Waals surface area contributed by atoms with Crippen LogP contribution in [0.15, 0.2) is 6.33 Å². The first kappa shape index (κ1) is 14.5. The fourth-order valence-electron chi connectivity index (χ4n) is 2.32. The molecule has 1 aromatic rings. The molecule has 1 aromatic heterocycles. The topological polar surface area (TPSA) is 58.5 Å². The number of halogens is 1. The van der Waals surface area contributed by atoms with Crippen molar-refractivity contribution in [1.29, 1.82) is 0 Å². The van der Waals surface area contributed by atoms with Crippen molar-refractivity contribution in [2.75, 3.05) is 24.7 Å². The van der Waals surface area contributed by atoms with E-state index in [1.54, 1.807) is 0 Å². The van der Waals surface area contributed by atoms with Gasteiger partial charge < -0.3 is 14.7 Å². The van der Waals surface area contributed by atoms with Gasteiger partial charge in [-0.25, -0.2) is 9.97 Å². The molecule has 0 aliphatic carbocycles. The number of aromatic nitrogens is 2. The molecule has 0 saturated carbocycles. The SMILES string of the molecule is CCCc1c(Cl)ncnc1N1CC(CO)OCC1C. The van der Waals surface area contributed by atoms with Crippen LogP contribution in [0.3, 0.4) is 0 Å². The number of anilines is 1. The number of hydrogen-bond acceptors (Lipinski definition) is 5. The zero-order valence-corrected chi connectivity index (χ0v) is 12.1. The summed E-state index contributed by atoms with van der Waals surface area (Å²) < 4.78 is 5.55. The van der Waals surface area contributed by atoms with Gasteiger partial charge in [-0.15, -0.1) is 0 Å². The lowest BCUT2D eigenvalue weighted by Gasteiger charge is -2.39. The van der Waals surface area contributed by atoms with E-state index in [0.29, 0.717) is 18.3 Å². The Labute approximate surface area is 118 Å². The molecule has 0 amide bonds. The van der Waals surface area contributed by atoms with E-state index in [1.807, 2.05) is 0 Å². The van der Waals surface area contributed by atoms with Crippen LogP contribution in [0.4, 0.5) is 5.82 Å². The van der Waals surface area contributed by atoms with Crippen molar-refractivity contribution < 1.29 is 9.84 Å². The maximum Gasteiger partial charge on any atom is 0.137 e. The minimum atomic E-state index is -0.167. The van der Waals surface area contributed by atoms with Crippen molar-refractivity contribution in [2.45, 2.75) is 38.8 Å². The van der Waals surface area contributed by atoms with Gasteiger partial charge in [-0.2, -0.15) is 0 Å². The highest BCUT2D eigenvalue weighted by molar-refractivity contribution is 6.30. The second kappa shape index (κ2) is 6.50. The molecule has 0 aromatic carbocycles. The molecule has 1 N–H and O–H groups in total. The van der Waals surface area contributed by atoms with Gasteiger partial charge in [-0.05, 0) is 13.3 Å². The Morgan fingerprint density at radius 1 is 1.53 bits per heavy atom. The maximum absolute atomic E-state index is 9.26. The largest absolute Gasteiger partial charge is 0.394 e. The Morgan fingerprint density at radius 2 is 2.32 bits per heavy atom. The molecule has 1 aliphatic heterocycles. The second-order valence-electron chi connectivity index (χ2n) is 4.86. The molecule has 0 spiro atoms. The number of nitrogens with zero attached hydrogens (tertiary/aromatic N) is 3. The van der Waals surface area contributed by atoms with Crippen molar-refractivity contribution in [3.05, 3.63) is 17.0 Å². The van der Waals surface area contributed by atoms with Gasteiger partial charge in [0.1, 0.15) is 17.3 Å². The average molecular weight is 286 g/mol. The molecular weight excluding hydrogens is 266 g/mol. The van der Waals surface area contributed by atoms with Crippen molar-refractivity contribution in [2.24, 2.45) is 0 Å². The fourth-order valence-corrected chi connectivity index (χ4v) is 2.54. The van der Waals surface area contributed by atoms with E-state index in [1.165, 1.54) is 6.33 Å². The van der Waals surface area contributed by atoms with Gasteiger partial charge in [0, 0.05) is 12.1 Å². The summed E-state index contributed by atoms with van der Waals surface area (Å²) in [6.45, 7) is 5.41. The Kier molecular flexibility index (Phi) is 4.96. The number of rotatable bonds is 4. The van der Waals surface area contributed by atoms with Gasteiger partial charge in [0.2, 0.25) is 0 Å². The normalized spacial score (nSPS) is 23.7. The van der Waals surface area contributed by atoms with E-state index < -0.39 is 0 Å². The quantitative estimate of drug-likeness (QED) is 0.853. The molecule has 1 aliphatic rings. The number of aliphatic hydroxyl groups excluding tert-OH is 1. The lowest BCUT2D eigenvalue weighted by molar-refractivity contribution is -0.0106. The molecule has 0 radical (unpaired) electrons. The third-order valence-corrected chi connectivity index (χ3v) is 3.68. The summed E-state index contributed by atoms with van der Waals surface area (Å²) in [7, 11) is 0. The van der Waals surface area contributed by atoms with Crippen molar-refractivity contribution in [1.82, 2.24) is 9.97 Å². The van der Waals surface area contributed by atoms with Crippen molar-refractivity contribution in [3.63, 3.8) is 0 Å². The molecule has 5 nitrogen and oxygen atoms in total. The average Bonchev–Trinajstić information content (AvgIpc) is 2.42. The summed E-state index contributed by atoms with van der Waals surface area (Å²) in [4.78, 5) is 10.6. The van der Waals surface area contributed by atoms with Gasteiger partial charge in [-0.3, -0.25) is 0 Å². The lowest BCUT2D eigenvalue weighted by Crippen LogP contribution is -2.50. The maximum atomic E-state index is 9.26. The summed E-state index contributed by atoms with van der Waals surface area (Å²) in [5.74, 6) is 0.871. The zero-order valence-electron chi connectivity index (χ0n) is 11.3. The van der Waals surface area contributed by atoms with E-state index in [4.69, 9.17) is 16.3 Å². The number of ether oxygens (including phenoxy) is 1. The van der Waals surface area contributed by atoms with E-state index in [0.717, 1.165) is 24.2 Å². The summed E-state index contributed by atoms with van der Waals surface area (Å²) in [5.41, 5.74) is 0.983. The molecular formula is C13H20ClN3O2. The van der Waals surface area contributed by atoms with Gasteiger partial charge in [0.15, 0.2) is 0 Å². The predicted octanol–water partition coefficient (Wildman–Crippen LogP) is 1.67. The number of hydrogen-bond donors (Lipinski definition) is 1. The molecule has 2 rings (SSSR count). The van der Waals surface area contributed by atoms with Crippen LogP contribution in [0, 0.1) is 0 Å². The molecule has 19 heavy (non-hydrogen) atoms. The molecule has 6 heteroatoms. The molecule has 1 saturated heterocycles. The fraction of sp³-hybridized carbons (Fsp3) is 0.692. The van der Waals surface area contributed by atoms with Crippen LogP contribution in [0.25, 0.3) is 0 Å². The first-order valence-corrected chi connectivity index (χ1v) is 7.03. The van der Waals surface area contributed by atoms with Gasteiger partial charge >= 0.3 is 0 Å². The summed E-state index contributed by atoms with van der Waals surface area (Å²) in [5, 5.41) is 9.78. The first-order chi connectivity index (χ1) is 9.17. The third kappa shape index (κ3) is 3.16. The summed E-state index contributed by atoms with van der Waals surface area (Å²) in [6.07, 6.45) is 3.16. The highest BCUT2D eigenvalue weighted by atomic mass is 35.5. The molecule has 2 unspecified atom stereocenters. The second-order valence-corrected chi connectivity index (χ2v) is 5.21. The Hall–Kier alpha value is -0.910. The van der Waals surface area contributed by atoms with E-state index >= 15 is 0 Å². The Bertz CT molecular complexity index is 430. The first-order valence-electron chi connectivity index (χ1n) is 6.65. The van der Waals surface area contributed by atoms with Crippen LogP contribution in [0.1, 0.15) is 25.8 Å². The standard InChI is InChI=1S/C13H20ClN3O2/c1-3-4-11-12(14)15-8-16-13(11)17-5-10(6-18)19-7-9(17)2/h8-10,18H,3-7H2,1-2H3. The van der Waals surface area contributed by atoms with Gasteiger partial charge in [0.25, 0.3) is 0 Å². The molecule has 106 valence electrons. The van der Waals surface area contributed by atoms with E-state index in [9.17, 15) is 5.11 Å². The smallest absolute Gasteiger partial charge is 0.137 e. The predicted molar refractivity (Wildman–Crippen MR) is 74.7 cm³/mol. The van der Waals surface area contributed by atoms with E-state index in [-0.39, 0.29) is 18.8 Å². The molecule has 1 fully saturated rings. The highest BCUT2D eigenvalue weighted by Crippen LogP contribution is 2.28. The molecule has 2 atom stereocenters. The minimum Gasteiger partial charge on any atom is -0.394 e. The molecule has 2 heterocycles. The minimum absolute atomic E-state index is 0.0190. The van der Waals surface area contributed by atoms with E-state index in [2.05, 4.69) is 28.7 Å². The van der Waals surface area contributed by atoms with Crippen molar-refractivity contribution in [3.8, 4) is 0 Å². The highest BCUT2D eigenvalue weighted by Gasteiger charge is 2.28. The number of morpholine rings is 1. The van der Waals surface area contributed by atoms with Gasteiger partial charge in [-0.1, -0.05) is 24.9 Å². The van der Waals surface area contributed by atoms with Crippen LogP contribution in [-0.2, 0) is 11.2 Å². The number of aliphatic hydroxyl groups is 1. The Morgan fingerprint density at radius 3 is 3.00 bits per heavy atom. The van der Waals surface area contributed by atoms with Gasteiger partial charge in [0.05, 0.1) is 25.4 Å². The van der Waals surface area contributed by atoms with Crippen LogP contribution in [0.5, 0.6) is 0 Å². The van der Waals surface area contributed by atoms with Crippen LogP contribution in [0.2, 0.25) is 5.15 Å². The van der Waals surface area contributed by atoms with Crippen LogP contribution in [-0.4, -0.2) is 47.0 Å². The van der Waals surface area contributed by atoms with Crippen LogP contribution < -0.4 is 4.90 Å². The lowest BCUT2D eigenvalue weighted by atomic mass is 10.1. The third-order valence-electron chi connectivity index (χ3n) is 3.35. The Balaban J connectivity index is 2.31.